The minimum atomic E-state index is 0.618. The van der Waals surface area contributed by atoms with Crippen LogP contribution in [0.25, 0.3) is 0 Å². The number of para-hydroxylation sites is 1. The maximum Gasteiger partial charge on any atom is 0.228 e. The minimum absolute atomic E-state index is 0.618. The van der Waals surface area contributed by atoms with Crippen LogP contribution in [0.4, 0.5) is 11.6 Å². The molecule has 7 nitrogen and oxygen atoms in total. The van der Waals surface area contributed by atoms with Crippen molar-refractivity contribution in [3.8, 4) is 5.88 Å². The smallest absolute Gasteiger partial charge is 0.228 e. The third kappa shape index (κ3) is 5.16. The van der Waals surface area contributed by atoms with Gasteiger partial charge in [-0.15, -0.1) is 0 Å². The van der Waals surface area contributed by atoms with Crippen LogP contribution in [0.3, 0.4) is 0 Å². The van der Waals surface area contributed by atoms with Crippen molar-refractivity contribution in [1.29, 1.82) is 0 Å². The quantitative estimate of drug-likeness (QED) is 0.742. The van der Waals surface area contributed by atoms with Crippen molar-refractivity contribution in [3.05, 3.63) is 42.1 Å². The third-order valence-corrected chi connectivity index (χ3v) is 5.52. The largest absolute Gasteiger partial charge is 0.478 e. The molecular formula is C22H31N5O2. The van der Waals surface area contributed by atoms with Crippen LogP contribution in [-0.2, 0) is 11.3 Å². The molecule has 2 aliphatic heterocycles. The summed E-state index contributed by atoms with van der Waals surface area (Å²) in [6.45, 7) is 11.1. The Morgan fingerprint density at radius 1 is 0.966 bits per heavy atom. The number of hydrogen-bond acceptors (Lipinski definition) is 7. The van der Waals surface area contributed by atoms with Crippen LogP contribution in [0.1, 0.15) is 18.9 Å². The molecule has 2 aliphatic rings. The van der Waals surface area contributed by atoms with Crippen molar-refractivity contribution < 1.29 is 9.47 Å². The predicted molar refractivity (Wildman–Crippen MR) is 115 cm³/mol. The summed E-state index contributed by atoms with van der Waals surface area (Å²) in [5.41, 5.74) is 2.75. The average Bonchev–Trinajstić information content (AvgIpc) is 3.01. The number of morpholine rings is 1. The Kier molecular flexibility index (Phi) is 6.79. The van der Waals surface area contributed by atoms with Crippen molar-refractivity contribution in [3.63, 3.8) is 0 Å². The van der Waals surface area contributed by atoms with Crippen LogP contribution in [-0.4, -0.2) is 74.0 Å². The molecule has 0 N–H and O–H groups in total. The van der Waals surface area contributed by atoms with E-state index in [1.54, 1.807) is 6.20 Å². The zero-order valence-electron chi connectivity index (χ0n) is 17.3. The maximum atomic E-state index is 5.54. The highest BCUT2D eigenvalue weighted by atomic mass is 16.5. The lowest BCUT2D eigenvalue weighted by Crippen LogP contribution is -2.37. The van der Waals surface area contributed by atoms with Gasteiger partial charge in [0.25, 0.3) is 0 Å². The van der Waals surface area contributed by atoms with E-state index in [1.165, 1.54) is 11.3 Å². The molecule has 0 atom stereocenters. The van der Waals surface area contributed by atoms with Gasteiger partial charge in [-0.3, -0.25) is 4.90 Å². The topological polar surface area (TPSA) is 54.0 Å². The summed E-state index contributed by atoms with van der Waals surface area (Å²) in [5.74, 6) is 1.42. The van der Waals surface area contributed by atoms with Gasteiger partial charge in [0.15, 0.2) is 0 Å². The molecule has 0 bridgehead atoms. The van der Waals surface area contributed by atoms with E-state index in [9.17, 15) is 0 Å². The Bertz CT molecular complexity index is 781. The van der Waals surface area contributed by atoms with Gasteiger partial charge in [-0.2, -0.15) is 4.98 Å². The number of benzene rings is 1. The van der Waals surface area contributed by atoms with E-state index in [0.29, 0.717) is 12.5 Å². The number of aromatic nitrogens is 2. The second kappa shape index (κ2) is 9.89. The molecule has 0 saturated carbocycles. The highest BCUT2D eigenvalue weighted by Gasteiger charge is 2.20. The van der Waals surface area contributed by atoms with Gasteiger partial charge in [-0.05, 0) is 25.0 Å². The normalized spacial score (nSPS) is 18.5. The van der Waals surface area contributed by atoms with Gasteiger partial charge in [-0.25, -0.2) is 4.98 Å². The lowest BCUT2D eigenvalue weighted by atomic mass is 10.1. The molecule has 1 aromatic carbocycles. The molecule has 0 unspecified atom stereocenters. The molecule has 0 aliphatic carbocycles. The summed E-state index contributed by atoms with van der Waals surface area (Å²) < 4.78 is 11.1. The van der Waals surface area contributed by atoms with Gasteiger partial charge in [0, 0.05) is 63.8 Å². The number of rotatable bonds is 6. The lowest BCUT2D eigenvalue weighted by Gasteiger charge is -2.32. The maximum absolute atomic E-state index is 5.54. The van der Waals surface area contributed by atoms with Gasteiger partial charge in [0.1, 0.15) is 0 Å². The van der Waals surface area contributed by atoms with Gasteiger partial charge in [0.05, 0.1) is 19.8 Å². The Morgan fingerprint density at radius 3 is 2.69 bits per heavy atom. The van der Waals surface area contributed by atoms with Crippen molar-refractivity contribution in [1.82, 2.24) is 14.9 Å². The molecular weight excluding hydrogens is 366 g/mol. The van der Waals surface area contributed by atoms with Crippen molar-refractivity contribution >= 4 is 11.6 Å². The molecule has 0 spiro atoms. The lowest BCUT2D eigenvalue weighted by molar-refractivity contribution is 0.122. The Balaban J connectivity index is 1.40. The van der Waals surface area contributed by atoms with Crippen LogP contribution >= 0.6 is 0 Å². The fourth-order valence-electron chi connectivity index (χ4n) is 4.04. The molecule has 2 saturated heterocycles. The van der Waals surface area contributed by atoms with E-state index in [1.807, 2.05) is 13.0 Å². The molecule has 156 valence electrons. The van der Waals surface area contributed by atoms with Crippen LogP contribution in [0, 0.1) is 0 Å². The van der Waals surface area contributed by atoms with E-state index in [2.05, 4.69) is 48.9 Å². The van der Waals surface area contributed by atoms with E-state index >= 15 is 0 Å². The van der Waals surface area contributed by atoms with Crippen LogP contribution in [0.5, 0.6) is 5.88 Å². The summed E-state index contributed by atoms with van der Waals surface area (Å²) >= 11 is 0. The molecule has 2 fully saturated rings. The van der Waals surface area contributed by atoms with Gasteiger partial charge in [0.2, 0.25) is 11.8 Å². The first kappa shape index (κ1) is 19.9. The molecule has 7 heteroatoms. The summed E-state index contributed by atoms with van der Waals surface area (Å²) in [6.07, 6.45) is 2.89. The Hall–Kier alpha value is -2.38. The number of nitrogens with zero attached hydrogens (tertiary/aromatic N) is 5. The van der Waals surface area contributed by atoms with Gasteiger partial charge in [-0.1, -0.05) is 18.2 Å². The van der Waals surface area contributed by atoms with E-state index in [4.69, 9.17) is 9.47 Å². The standard InChI is InChI=1S/C22H31N5O2/c1-2-29-21-8-9-23-22(24-21)27-11-5-10-25(12-13-27)18-19-6-3-4-7-20(19)26-14-16-28-17-15-26/h3-4,6-9H,2,5,10-18H2,1H3. The fraction of sp³-hybridized carbons (Fsp3) is 0.545. The number of hydrogen-bond donors (Lipinski definition) is 0. The second-order valence-electron chi connectivity index (χ2n) is 7.47. The molecule has 2 aromatic rings. The van der Waals surface area contributed by atoms with E-state index < -0.39 is 0 Å². The first-order valence-electron chi connectivity index (χ1n) is 10.7. The summed E-state index contributed by atoms with van der Waals surface area (Å²) in [5, 5.41) is 0. The molecule has 3 heterocycles. The molecule has 0 radical (unpaired) electrons. The predicted octanol–water partition coefficient (Wildman–Crippen LogP) is 2.42. The highest BCUT2D eigenvalue weighted by Crippen LogP contribution is 2.24. The molecule has 1 aromatic heterocycles. The van der Waals surface area contributed by atoms with Crippen molar-refractivity contribution in [2.24, 2.45) is 0 Å². The van der Waals surface area contributed by atoms with Crippen molar-refractivity contribution in [2.45, 2.75) is 19.9 Å². The molecule has 4 rings (SSSR count). The third-order valence-electron chi connectivity index (χ3n) is 5.52. The summed E-state index contributed by atoms with van der Waals surface area (Å²) in [7, 11) is 0. The van der Waals surface area contributed by atoms with Crippen LogP contribution in [0.15, 0.2) is 36.5 Å². The van der Waals surface area contributed by atoms with Crippen LogP contribution < -0.4 is 14.5 Å². The Labute approximate surface area is 173 Å². The molecule has 0 amide bonds. The molecule has 29 heavy (non-hydrogen) atoms. The van der Waals surface area contributed by atoms with Gasteiger partial charge >= 0.3 is 0 Å². The zero-order chi connectivity index (χ0) is 19.9. The number of ether oxygens (including phenoxy) is 2. The van der Waals surface area contributed by atoms with Gasteiger partial charge < -0.3 is 19.3 Å². The van der Waals surface area contributed by atoms with E-state index in [-0.39, 0.29) is 0 Å². The van der Waals surface area contributed by atoms with E-state index in [0.717, 1.165) is 71.4 Å². The fourth-order valence-corrected chi connectivity index (χ4v) is 4.04. The highest BCUT2D eigenvalue weighted by molar-refractivity contribution is 5.54. The van der Waals surface area contributed by atoms with Crippen molar-refractivity contribution in [2.75, 3.05) is 68.9 Å². The first-order chi connectivity index (χ1) is 14.3. The Morgan fingerprint density at radius 2 is 1.83 bits per heavy atom. The number of anilines is 2. The summed E-state index contributed by atoms with van der Waals surface area (Å²) in [6, 6.07) is 10.6. The monoisotopic (exact) mass is 397 g/mol. The second-order valence-corrected chi connectivity index (χ2v) is 7.47. The SMILES string of the molecule is CCOc1ccnc(N2CCCN(Cc3ccccc3N3CCOCC3)CC2)n1. The zero-order valence-corrected chi connectivity index (χ0v) is 17.3. The summed E-state index contributed by atoms with van der Waals surface area (Å²) in [4.78, 5) is 16.3. The minimum Gasteiger partial charge on any atom is -0.478 e. The first-order valence-corrected chi connectivity index (χ1v) is 10.7. The average molecular weight is 398 g/mol. The van der Waals surface area contributed by atoms with Crippen LogP contribution in [0.2, 0.25) is 0 Å².